The van der Waals surface area contributed by atoms with Gasteiger partial charge in [-0.15, -0.1) is 0 Å². The van der Waals surface area contributed by atoms with Crippen LogP contribution in [-0.4, -0.2) is 49.2 Å². The molecule has 2 aromatic rings. The molecular formula is C26H34N2O3. The van der Waals surface area contributed by atoms with Gasteiger partial charge < -0.3 is 20.1 Å². The molecule has 2 atom stereocenters. The van der Waals surface area contributed by atoms with Gasteiger partial charge in [0.15, 0.2) is 0 Å². The molecule has 31 heavy (non-hydrogen) atoms. The smallest absolute Gasteiger partial charge is 0.220 e. The van der Waals surface area contributed by atoms with Crippen molar-refractivity contribution in [3.63, 3.8) is 0 Å². The van der Waals surface area contributed by atoms with E-state index in [4.69, 9.17) is 4.74 Å². The number of hydrogen-bond acceptors (Lipinski definition) is 4. The number of aliphatic hydroxyl groups excluding tert-OH is 1. The molecule has 0 bridgehead atoms. The lowest BCUT2D eigenvalue weighted by molar-refractivity contribution is -0.122. The van der Waals surface area contributed by atoms with Crippen LogP contribution in [0.3, 0.4) is 0 Å². The molecule has 0 spiro atoms. The van der Waals surface area contributed by atoms with Gasteiger partial charge in [0.2, 0.25) is 5.91 Å². The number of carbonyl (C=O) groups excluding carboxylic acids is 1. The minimum Gasteiger partial charge on any atom is -0.497 e. The summed E-state index contributed by atoms with van der Waals surface area (Å²) in [4.78, 5) is 15.1. The average molecular weight is 423 g/mol. The van der Waals surface area contributed by atoms with Gasteiger partial charge in [-0.05, 0) is 73.5 Å². The van der Waals surface area contributed by atoms with Gasteiger partial charge in [-0.1, -0.05) is 36.4 Å². The Balaban J connectivity index is 1.34. The lowest BCUT2D eigenvalue weighted by atomic mass is 9.94. The number of carbonyl (C=O) groups is 1. The Morgan fingerprint density at radius 2 is 1.74 bits per heavy atom. The van der Waals surface area contributed by atoms with Crippen molar-refractivity contribution in [3.8, 4) is 5.75 Å². The molecule has 0 radical (unpaired) electrons. The van der Waals surface area contributed by atoms with Crippen LogP contribution in [0.25, 0.3) is 0 Å². The highest BCUT2D eigenvalue weighted by Crippen LogP contribution is 2.29. The second-order valence-electron chi connectivity index (χ2n) is 9.04. The van der Waals surface area contributed by atoms with Gasteiger partial charge in [0.05, 0.1) is 13.2 Å². The second-order valence-corrected chi connectivity index (χ2v) is 9.04. The molecule has 2 aliphatic rings. The molecule has 1 amide bonds. The van der Waals surface area contributed by atoms with E-state index in [9.17, 15) is 9.90 Å². The van der Waals surface area contributed by atoms with E-state index in [1.165, 1.54) is 24.0 Å². The summed E-state index contributed by atoms with van der Waals surface area (Å²) in [6, 6.07) is 16.1. The van der Waals surface area contributed by atoms with Crippen LogP contribution in [0.1, 0.15) is 42.1 Å². The number of ether oxygens (including phenoxy) is 1. The lowest BCUT2D eigenvalue weighted by Gasteiger charge is -2.28. The third-order valence-corrected chi connectivity index (χ3v) is 6.77. The monoisotopic (exact) mass is 422 g/mol. The van der Waals surface area contributed by atoms with Gasteiger partial charge in [0, 0.05) is 25.4 Å². The molecule has 166 valence electrons. The van der Waals surface area contributed by atoms with Crippen LogP contribution < -0.4 is 10.1 Å². The first-order valence-corrected chi connectivity index (χ1v) is 11.5. The summed E-state index contributed by atoms with van der Waals surface area (Å²) >= 11 is 0. The molecule has 1 aliphatic carbocycles. The maximum Gasteiger partial charge on any atom is 0.220 e. The highest BCUT2D eigenvalue weighted by atomic mass is 16.5. The first kappa shape index (κ1) is 21.8. The predicted octanol–water partition coefficient (Wildman–Crippen LogP) is 3.36. The molecule has 1 heterocycles. The van der Waals surface area contributed by atoms with Crippen molar-refractivity contribution in [2.75, 3.05) is 33.3 Å². The number of nitrogens with one attached hydrogen (secondary N) is 1. The molecular weight excluding hydrogens is 388 g/mol. The summed E-state index contributed by atoms with van der Waals surface area (Å²) in [5, 5.41) is 14.2. The third-order valence-electron chi connectivity index (χ3n) is 6.77. The van der Waals surface area contributed by atoms with E-state index in [1.54, 1.807) is 7.11 Å². The van der Waals surface area contributed by atoms with Crippen LogP contribution in [0.5, 0.6) is 5.75 Å². The Bertz CT molecular complexity index is 836. The van der Waals surface area contributed by atoms with Crippen molar-refractivity contribution in [2.24, 2.45) is 11.8 Å². The van der Waals surface area contributed by atoms with Crippen LogP contribution in [0.2, 0.25) is 0 Å². The summed E-state index contributed by atoms with van der Waals surface area (Å²) < 4.78 is 5.24. The number of aliphatic hydroxyl groups is 1. The number of nitrogens with zero attached hydrogens (tertiary/aromatic N) is 1. The molecule has 5 heteroatoms. The van der Waals surface area contributed by atoms with Crippen LogP contribution in [0.4, 0.5) is 0 Å². The minimum absolute atomic E-state index is 0.0452. The van der Waals surface area contributed by atoms with Gasteiger partial charge in [-0.2, -0.15) is 0 Å². The number of hydrogen-bond donors (Lipinski definition) is 2. The number of methoxy groups -OCH3 is 1. The highest BCUT2D eigenvalue weighted by molar-refractivity contribution is 5.76. The standard InChI is InChI=1S/C26H34N2O3/c1-31-24-10-8-20(9-11-24)26(30)23(18-28-12-4-5-13-28)17-27-25(29)16-19-14-21-6-2-3-7-22(21)15-19/h2-3,6-11,19,23,26,30H,4-5,12-18H2,1H3,(H,27,29)/t23?,26-/m1/s1. The van der Waals surface area contributed by atoms with Gasteiger partial charge >= 0.3 is 0 Å². The van der Waals surface area contributed by atoms with E-state index in [1.807, 2.05) is 24.3 Å². The number of amides is 1. The summed E-state index contributed by atoms with van der Waals surface area (Å²) in [6.07, 6.45) is 4.30. The predicted molar refractivity (Wildman–Crippen MR) is 122 cm³/mol. The maximum atomic E-state index is 12.7. The number of fused-ring (bicyclic) bond motifs is 1. The second kappa shape index (κ2) is 10.3. The Morgan fingerprint density at radius 1 is 1.10 bits per heavy atom. The van der Waals surface area contributed by atoms with Crippen LogP contribution >= 0.6 is 0 Å². The zero-order chi connectivity index (χ0) is 21.6. The normalized spacial score (nSPS) is 18.5. The van der Waals surface area contributed by atoms with E-state index in [0.717, 1.165) is 43.8 Å². The van der Waals surface area contributed by atoms with Crippen molar-refractivity contribution in [3.05, 3.63) is 65.2 Å². The Kier molecular flexibility index (Phi) is 7.25. The van der Waals surface area contributed by atoms with E-state index in [0.29, 0.717) is 18.9 Å². The molecule has 1 fully saturated rings. The number of benzene rings is 2. The molecule has 1 saturated heterocycles. The van der Waals surface area contributed by atoms with Crippen molar-refractivity contribution in [1.29, 1.82) is 0 Å². The fraction of sp³-hybridized carbons (Fsp3) is 0.500. The summed E-state index contributed by atoms with van der Waals surface area (Å²) in [5.41, 5.74) is 3.62. The fourth-order valence-electron chi connectivity index (χ4n) is 5.02. The fourth-order valence-corrected chi connectivity index (χ4v) is 5.02. The Morgan fingerprint density at radius 3 is 2.35 bits per heavy atom. The Hall–Kier alpha value is -2.37. The van der Waals surface area contributed by atoms with Crippen LogP contribution in [0.15, 0.2) is 48.5 Å². The van der Waals surface area contributed by atoms with Crippen LogP contribution in [0, 0.1) is 11.8 Å². The van der Waals surface area contributed by atoms with Gasteiger partial charge in [0.25, 0.3) is 0 Å². The molecule has 4 rings (SSSR count). The molecule has 2 N–H and O–H groups in total. The van der Waals surface area contributed by atoms with E-state index in [2.05, 4.69) is 34.5 Å². The van der Waals surface area contributed by atoms with Crippen molar-refractivity contribution >= 4 is 5.91 Å². The lowest BCUT2D eigenvalue weighted by Crippen LogP contribution is -2.39. The largest absolute Gasteiger partial charge is 0.497 e. The van der Waals surface area contributed by atoms with Gasteiger partial charge in [0.1, 0.15) is 5.75 Å². The first-order valence-electron chi connectivity index (χ1n) is 11.5. The van der Waals surface area contributed by atoms with Crippen molar-refractivity contribution in [1.82, 2.24) is 10.2 Å². The molecule has 0 aromatic heterocycles. The Labute approximate surface area is 185 Å². The van der Waals surface area contributed by atoms with E-state index >= 15 is 0 Å². The molecule has 1 unspecified atom stereocenters. The average Bonchev–Trinajstić information content (AvgIpc) is 3.45. The van der Waals surface area contributed by atoms with Crippen LogP contribution in [-0.2, 0) is 17.6 Å². The summed E-state index contributed by atoms with van der Waals surface area (Å²) in [5.74, 6) is 1.20. The van der Waals surface area contributed by atoms with Gasteiger partial charge in [-0.25, -0.2) is 0 Å². The minimum atomic E-state index is -0.623. The number of rotatable bonds is 9. The maximum absolute atomic E-state index is 12.7. The quantitative estimate of drug-likeness (QED) is 0.651. The third kappa shape index (κ3) is 5.66. The molecule has 2 aromatic carbocycles. The van der Waals surface area contributed by atoms with Crippen molar-refractivity contribution < 1.29 is 14.6 Å². The zero-order valence-corrected chi connectivity index (χ0v) is 18.4. The molecule has 1 aliphatic heterocycles. The van der Waals surface area contributed by atoms with E-state index in [-0.39, 0.29) is 11.8 Å². The summed E-state index contributed by atoms with van der Waals surface area (Å²) in [6.45, 7) is 3.42. The SMILES string of the molecule is COc1ccc([C@@H](O)C(CNC(=O)CC2Cc3ccccc3C2)CN2CCCC2)cc1. The van der Waals surface area contributed by atoms with Gasteiger partial charge in [-0.3, -0.25) is 4.79 Å². The molecule has 5 nitrogen and oxygen atoms in total. The summed E-state index contributed by atoms with van der Waals surface area (Å²) in [7, 11) is 1.64. The first-order chi connectivity index (χ1) is 15.1. The van der Waals surface area contributed by atoms with E-state index < -0.39 is 6.10 Å². The van der Waals surface area contributed by atoms with Crippen molar-refractivity contribution in [2.45, 2.75) is 38.2 Å². The molecule has 0 saturated carbocycles. The number of likely N-dealkylation sites (tertiary alicyclic amines) is 1. The topological polar surface area (TPSA) is 61.8 Å². The highest BCUT2D eigenvalue weighted by Gasteiger charge is 2.27. The zero-order valence-electron chi connectivity index (χ0n) is 18.4.